The Balaban J connectivity index is 1.84. The van der Waals surface area contributed by atoms with Crippen molar-refractivity contribution >= 4 is 0 Å². The quantitative estimate of drug-likeness (QED) is 0.585. The molecule has 0 aromatic rings. The Labute approximate surface area is 91.2 Å². The summed E-state index contributed by atoms with van der Waals surface area (Å²) in [6.07, 6.45) is 14.7. The van der Waals surface area contributed by atoms with E-state index in [1.165, 1.54) is 44.9 Å². The smallest absolute Gasteiger partial charge is 0.0905 e. The summed E-state index contributed by atoms with van der Waals surface area (Å²) in [5.74, 6) is 0.835. The van der Waals surface area contributed by atoms with Crippen LogP contribution in [-0.2, 0) is 4.74 Å². The molecule has 0 N–H and O–H groups in total. The maximum absolute atomic E-state index is 6.33. The molecule has 0 amide bonds. The zero-order valence-electron chi connectivity index (χ0n) is 9.17. The fourth-order valence-electron chi connectivity index (χ4n) is 4.15. The van der Waals surface area contributed by atoms with Crippen molar-refractivity contribution in [2.45, 2.75) is 56.7 Å². The van der Waals surface area contributed by atoms with Gasteiger partial charge in [0.2, 0.25) is 0 Å². The van der Waals surface area contributed by atoms with Gasteiger partial charge < -0.3 is 4.74 Å². The zero-order valence-corrected chi connectivity index (χ0v) is 9.17. The van der Waals surface area contributed by atoms with Crippen molar-refractivity contribution < 1.29 is 4.74 Å². The fourth-order valence-corrected chi connectivity index (χ4v) is 4.15. The third kappa shape index (κ3) is 1.02. The summed E-state index contributed by atoms with van der Waals surface area (Å²) in [4.78, 5) is 0. The summed E-state index contributed by atoms with van der Waals surface area (Å²) >= 11 is 0. The molecule has 2 fully saturated rings. The lowest BCUT2D eigenvalue weighted by molar-refractivity contribution is -0.00697. The van der Waals surface area contributed by atoms with Gasteiger partial charge in [-0.05, 0) is 68.1 Å². The zero-order chi connectivity index (χ0) is 9.88. The SMILES string of the molecule is C1=C2CCCC=C2[C@@H]2C[C@H]3CCC[C@]13O2. The van der Waals surface area contributed by atoms with Crippen molar-refractivity contribution in [1.29, 1.82) is 0 Å². The average molecular weight is 202 g/mol. The van der Waals surface area contributed by atoms with Crippen molar-refractivity contribution in [3.8, 4) is 0 Å². The Morgan fingerprint density at radius 3 is 3.33 bits per heavy atom. The highest BCUT2D eigenvalue weighted by atomic mass is 16.5. The Bertz CT molecular complexity index is 366. The van der Waals surface area contributed by atoms with Crippen LogP contribution < -0.4 is 0 Å². The lowest BCUT2D eigenvalue weighted by atomic mass is 9.86. The Morgan fingerprint density at radius 2 is 2.33 bits per heavy atom. The first-order chi connectivity index (χ1) is 7.37. The predicted molar refractivity (Wildman–Crippen MR) is 59.6 cm³/mol. The van der Waals surface area contributed by atoms with Gasteiger partial charge in [-0.15, -0.1) is 0 Å². The molecule has 80 valence electrons. The van der Waals surface area contributed by atoms with Gasteiger partial charge in [0.05, 0.1) is 11.7 Å². The lowest BCUT2D eigenvalue weighted by Gasteiger charge is -2.34. The molecule has 1 saturated carbocycles. The van der Waals surface area contributed by atoms with Crippen LogP contribution in [0.4, 0.5) is 0 Å². The number of hydrogen-bond donors (Lipinski definition) is 0. The van der Waals surface area contributed by atoms with Gasteiger partial charge >= 0.3 is 0 Å². The molecule has 0 aromatic heterocycles. The molecule has 1 heteroatoms. The van der Waals surface area contributed by atoms with Gasteiger partial charge in [-0.3, -0.25) is 0 Å². The van der Waals surface area contributed by atoms with Gasteiger partial charge in [0.1, 0.15) is 0 Å². The molecule has 1 nitrogen and oxygen atoms in total. The largest absolute Gasteiger partial charge is 0.363 e. The van der Waals surface area contributed by atoms with Gasteiger partial charge in [-0.2, -0.15) is 0 Å². The summed E-state index contributed by atoms with van der Waals surface area (Å²) in [6, 6.07) is 0. The van der Waals surface area contributed by atoms with Crippen molar-refractivity contribution in [2.24, 2.45) is 5.92 Å². The highest BCUT2D eigenvalue weighted by molar-refractivity contribution is 5.44. The molecule has 15 heavy (non-hydrogen) atoms. The molecule has 2 bridgehead atoms. The first-order valence-electron chi connectivity index (χ1n) is 6.47. The molecule has 1 spiro atoms. The number of fused-ring (bicyclic) bond motifs is 3. The molecule has 0 unspecified atom stereocenters. The topological polar surface area (TPSA) is 9.23 Å². The summed E-state index contributed by atoms with van der Waals surface area (Å²) in [6.45, 7) is 0. The first-order valence-corrected chi connectivity index (χ1v) is 6.47. The molecule has 1 saturated heterocycles. The van der Waals surface area contributed by atoms with E-state index in [9.17, 15) is 0 Å². The Hall–Kier alpha value is -0.560. The summed E-state index contributed by atoms with van der Waals surface area (Å²) in [5, 5.41) is 0. The third-order valence-electron chi connectivity index (χ3n) is 4.82. The van der Waals surface area contributed by atoms with E-state index in [0.717, 1.165) is 5.92 Å². The molecule has 0 radical (unpaired) electrons. The van der Waals surface area contributed by atoms with E-state index in [1.54, 1.807) is 11.1 Å². The Morgan fingerprint density at radius 1 is 1.33 bits per heavy atom. The molecule has 2 heterocycles. The van der Waals surface area contributed by atoms with E-state index in [-0.39, 0.29) is 5.60 Å². The molecular weight excluding hydrogens is 184 g/mol. The standard InChI is InChI=1S/C14H18O/c1-2-6-12-10(4-1)9-14-7-3-5-11(14)8-13(12)15-14/h6,9,11,13H,1-5,7-8H2/t11-,13+,14+/m1/s1. The van der Waals surface area contributed by atoms with Crippen LogP contribution >= 0.6 is 0 Å². The number of hydrogen-bond acceptors (Lipinski definition) is 1. The van der Waals surface area contributed by atoms with E-state index in [2.05, 4.69) is 12.2 Å². The van der Waals surface area contributed by atoms with E-state index in [1.807, 2.05) is 0 Å². The molecule has 4 rings (SSSR count). The summed E-state index contributed by atoms with van der Waals surface area (Å²) in [7, 11) is 0. The number of rotatable bonds is 0. The van der Waals surface area contributed by atoms with Crippen LogP contribution in [-0.4, -0.2) is 11.7 Å². The van der Waals surface area contributed by atoms with Crippen LogP contribution in [0.2, 0.25) is 0 Å². The van der Waals surface area contributed by atoms with E-state index < -0.39 is 0 Å². The molecule has 0 aromatic carbocycles. The van der Waals surface area contributed by atoms with Crippen molar-refractivity contribution in [2.75, 3.05) is 0 Å². The predicted octanol–water partition coefficient (Wildman–Crippen LogP) is 3.36. The monoisotopic (exact) mass is 202 g/mol. The molecule has 2 aliphatic heterocycles. The number of ether oxygens (including phenoxy) is 1. The highest BCUT2D eigenvalue weighted by Gasteiger charge is 2.53. The summed E-state index contributed by atoms with van der Waals surface area (Å²) < 4.78 is 6.33. The second-order valence-corrected chi connectivity index (χ2v) is 5.61. The van der Waals surface area contributed by atoms with Crippen molar-refractivity contribution in [3.63, 3.8) is 0 Å². The molecule has 3 atom stereocenters. The van der Waals surface area contributed by atoms with Gasteiger partial charge in [0.15, 0.2) is 0 Å². The second kappa shape index (κ2) is 2.76. The average Bonchev–Trinajstić information content (AvgIpc) is 2.72. The maximum Gasteiger partial charge on any atom is 0.0905 e. The molecule has 2 aliphatic carbocycles. The maximum atomic E-state index is 6.33. The fraction of sp³-hybridized carbons (Fsp3) is 0.714. The van der Waals surface area contributed by atoms with Gasteiger partial charge in [0.25, 0.3) is 0 Å². The van der Waals surface area contributed by atoms with Crippen LogP contribution in [0.15, 0.2) is 23.3 Å². The van der Waals surface area contributed by atoms with Gasteiger partial charge in [-0.1, -0.05) is 6.08 Å². The first kappa shape index (κ1) is 8.58. The minimum atomic E-state index is 0.189. The molecular formula is C14H18O. The lowest BCUT2D eigenvalue weighted by Crippen LogP contribution is -2.33. The third-order valence-corrected chi connectivity index (χ3v) is 4.82. The number of allylic oxidation sites excluding steroid dienone is 1. The second-order valence-electron chi connectivity index (χ2n) is 5.61. The van der Waals surface area contributed by atoms with Crippen LogP contribution in [0.3, 0.4) is 0 Å². The van der Waals surface area contributed by atoms with Crippen LogP contribution in [0.5, 0.6) is 0 Å². The minimum Gasteiger partial charge on any atom is -0.363 e. The van der Waals surface area contributed by atoms with Crippen molar-refractivity contribution in [1.82, 2.24) is 0 Å². The van der Waals surface area contributed by atoms with Crippen LogP contribution in [0.1, 0.15) is 44.9 Å². The van der Waals surface area contributed by atoms with E-state index in [4.69, 9.17) is 4.74 Å². The van der Waals surface area contributed by atoms with Gasteiger partial charge in [-0.25, -0.2) is 0 Å². The summed E-state index contributed by atoms with van der Waals surface area (Å²) in [5.41, 5.74) is 3.39. The molecule has 4 aliphatic rings. The Kier molecular flexibility index (Phi) is 1.58. The normalized spacial score (nSPS) is 46.9. The van der Waals surface area contributed by atoms with Crippen molar-refractivity contribution in [3.05, 3.63) is 23.3 Å². The van der Waals surface area contributed by atoms with E-state index >= 15 is 0 Å². The minimum absolute atomic E-state index is 0.189. The van der Waals surface area contributed by atoms with E-state index in [0.29, 0.717) is 6.10 Å². The van der Waals surface area contributed by atoms with Crippen LogP contribution in [0, 0.1) is 5.92 Å². The van der Waals surface area contributed by atoms with Gasteiger partial charge in [0, 0.05) is 0 Å². The highest BCUT2D eigenvalue weighted by Crippen LogP contribution is 2.55. The van der Waals surface area contributed by atoms with Crippen LogP contribution in [0.25, 0.3) is 0 Å².